The number of aromatic nitrogens is 1. The number of pyridine rings is 1. The van der Waals surface area contributed by atoms with Gasteiger partial charge in [-0.3, -0.25) is 0 Å². The van der Waals surface area contributed by atoms with Gasteiger partial charge >= 0.3 is 0 Å². The molecule has 1 heterocycles. The van der Waals surface area contributed by atoms with Gasteiger partial charge in [-0.25, -0.2) is 4.98 Å². The fourth-order valence-corrected chi connectivity index (χ4v) is 1.80. The Morgan fingerprint density at radius 1 is 1.18 bits per heavy atom. The largest absolute Gasteiger partial charge is 0.497 e. The molecule has 0 unspecified atom stereocenters. The normalized spacial score (nSPS) is 10.0. The van der Waals surface area contributed by atoms with Crippen molar-refractivity contribution in [1.82, 2.24) is 4.98 Å². The van der Waals surface area contributed by atoms with Crippen LogP contribution in [0, 0.1) is 0 Å². The van der Waals surface area contributed by atoms with Gasteiger partial charge in [-0.2, -0.15) is 0 Å². The number of rotatable bonds is 4. The number of methoxy groups -OCH3 is 1. The van der Waals surface area contributed by atoms with Crippen LogP contribution in [-0.2, 0) is 6.61 Å². The van der Waals surface area contributed by atoms with Gasteiger partial charge in [-0.05, 0) is 45.8 Å². The minimum absolute atomic E-state index is 0.508. The molecule has 1 aromatic heterocycles. The summed E-state index contributed by atoms with van der Waals surface area (Å²) in [7, 11) is 1.64. The molecule has 0 fully saturated rings. The summed E-state index contributed by atoms with van der Waals surface area (Å²) in [6.45, 7) is 0.508. The molecule has 0 saturated carbocycles. The van der Waals surface area contributed by atoms with Gasteiger partial charge in [0.15, 0.2) is 0 Å². The van der Waals surface area contributed by atoms with Crippen LogP contribution in [0.2, 0.25) is 0 Å². The summed E-state index contributed by atoms with van der Waals surface area (Å²) >= 11 is 3.32. The third kappa shape index (κ3) is 3.46. The Morgan fingerprint density at radius 2 is 2.00 bits per heavy atom. The first-order valence-electron chi connectivity index (χ1n) is 5.15. The minimum Gasteiger partial charge on any atom is -0.497 e. The molecule has 0 saturated heterocycles. The van der Waals surface area contributed by atoms with Gasteiger partial charge < -0.3 is 9.47 Å². The monoisotopic (exact) mass is 293 g/mol. The van der Waals surface area contributed by atoms with Crippen LogP contribution in [0.3, 0.4) is 0 Å². The molecular formula is C13H12BrNO2. The van der Waals surface area contributed by atoms with E-state index in [1.54, 1.807) is 13.3 Å². The maximum Gasteiger partial charge on any atom is 0.123 e. The summed E-state index contributed by atoms with van der Waals surface area (Å²) in [5.74, 6) is 1.58. The molecule has 17 heavy (non-hydrogen) atoms. The molecule has 2 aromatic rings. The van der Waals surface area contributed by atoms with E-state index in [1.165, 1.54) is 0 Å². The van der Waals surface area contributed by atoms with Gasteiger partial charge in [-0.1, -0.05) is 6.07 Å². The molecule has 0 atom stereocenters. The van der Waals surface area contributed by atoms with Crippen LogP contribution in [0.4, 0.5) is 0 Å². The van der Waals surface area contributed by atoms with Crippen molar-refractivity contribution in [3.8, 4) is 11.5 Å². The van der Waals surface area contributed by atoms with Gasteiger partial charge in [0, 0.05) is 12.3 Å². The van der Waals surface area contributed by atoms with Crippen LogP contribution in [0.1, 0.15) is 5.56 Å². The molecule has 0 radical (unpaired) electrons. The zero-order chi connectivity index (χ0) is 12.1. The molecule has 0 amide bonds. The van der Waals surface area contributed by atoms with Crippen LogP contribution in [0.15, 0.2) is 47.2 Å². The quantitative estimate of drug-likeness (QED) is 0.810. The lowest BCUT2D eigenvalue weighted by molar-refractivity contribution is 0.303. The van der Waals surface area contributed by atoms with Gasteiger partial charge in [0.25, 0.3) is 0 Å². The summed E-state index contributed by atoms with van der Waals surface area (Å²) in [4.78, 5) is 4.06. The van der Waals surface area contributed by atoms with E-state index in [4.69, 9.17) is 9.47 Å². The Bertz CT molecular complexity index is 502. The highest BCUT2D eigenvalue weighted by Gasteiger charge is 1.99. The number of hydrogen-bond donors (Lipinski definition) is 0. The van der Waals surface area contributed by atoms with Crippen LogP contribution in [0.5, 0.6) is 11.5 Å². The minimum atomic E-state index is 0.508. The van der Waals surface area contributed by atoms with Gasteiger partial charge in [0.1, 0.15) is 22.7 Å². The van der Waals surface area contributed by atoms with Crippen LogP contribution < -0.4 is 9.47 Å². The molecule has 4 heteroatoms. The lowest BCUT2D eigenvalue weighted by atomic mass is 10.3. The smallest absolute Gasteiger partial charge is 0.123 e. The van der Waals surface area contributed by atoms with E-state index in [2.05, 4.69) is 20.9 Å². The Labute approximate surface area is 109 Å². The highest BCUT2D eigenvalue weighted by Crippen LogP contribution is 2.20. The number of ether oxygens (including phenoxy) is 2. The molecule has 0 aliphatic rings. The Balaban J connectivity index is 2.02. The maximum absolute atomic E-state index is 5.66. The zero-order valence-electron chi connectivity index (χ0n) is 9.39. The number of benzene rings is 1. The molecule has 2 rings (SSSR count). The Kier molecular flexibility index (Phi) is 3.98. The zero-order valence-corrected chi connectivity index (χ0v) is 11.0. The highest BCUT2D eigenvalue weighted by atomic mass is 79.9. The third-order valence-corrected chi connectivity index (χ3v) is 2.67. The summed E-state index contributed by atoms with van der Waals surface area (Å²) in [6.07, 6.45) is 1.74. The van der Waals surface area contributed by atoms with E-state index < -0.39 is 0 Å². The van der Waals surface area contributed by atoms with Crippen molar-refractivity contribution in [3.63, 3.8) is 0 Å². The average Bonchev–Trinajstić information content (AvgIpc) is 2.37. The second-order valence-corrected chi connectivity index (χ2v) is 4.27. The lowest BCUT2D eigenvalue weighted by Crippen LogP contribution is -1.96. The van der Waals surface area contributed by atoms with Crippen LogP contribution in [0.25, 0.3) is 0 Å². The Hall–Kier alpha value is -1.55. The second-order valence-electron chi connectivity index (χ2n) is 3.45. The van der Waals surface area contributed by atoms with Crippen LogP contribution in [-0.4, -0.2) is 12.1 Å². The van der Waals surface area contributed by atoms with Crippen molar-refractivity contribution in [3.05, 3.63) is 52.8 Å². The van der Waals surface area contributed by atoms with E-state index in [1.807, 2.05) is 36.4 Å². The molecule has 0 spiro atoms. The van der Waals surface area contributed by atoms with Crippen molar-refractivity contribution >= 4 is 15.9 Å². The van der Waals surface area contributed by atoms with Crippen molar-refractivity contribution in [1.29, 1.82) is 0 Å². The SMILES string of the molecule is COc1cccc(OCc2ccnc(Br)c2)c1. The molecule has 0 aliphatic heterocycles. The summed E-state index contributed by atoms with van der Waals surface area (Å²) in [5, 5.41) is 0. The van der Waals surface area contributed by atoms with Crippen molar-refractivity contribution < 1.29 is 9.47 Å². The summed E-state index contributed by atoms with van der Waals surface area (Å²) in [6, 6.07) is 11.4. The molecule has 88 valence electrons. The predicted octanol–water partition coefficient (Wildman–Crippen LogP) is 3.43. The fourth-order valence-electron chi connectivity index (χ4n) is 1.39. The van der Waals surface area contributed by atoms with Gasteiger partial charge in [-0.15, -0.1) is 0 Å². The Morgan fingerprint density at radius 3 is 2.76 bits per heavy atom. The average molecular weight is 294 g/mol. The first-order valence-corrected chi connectivity index (χ1v) is 5.94. The standard InChI is InChI=1S/C13H12BrNO2/c1-16-11-3-2-4-12(8-11)17-9-10-5-6-15-13(14)7-10/h2-8H,9H2,1H3. The summed E-state index contributed by atoms with van der Waals surface area (Å²) in [5.41, 5.74) is 1.06. The van der Waals surface area contributed by atoms with Crippen molar-refractivity contribution in [2.24, 2.45) is 0 Å². The van der Waals surface area contributed by atoms with E-state index in [9.17, 15) is 0 Å². The summed E-state index contributed by atoms with van der Waals surface area (Å²) < 4.78 is 11.6. The second kappa shape index (κ2) is 5.68. The molecule has 1 aromatic carbocycles. The van der Waals surface area contributed by atoms with E-state index >= 15 is 0 Å². The molecule has 0 aliphatic carbocycles. The fraction of sp³-hybridized carbons (Fsp3) is 0.154. The van der Waals surface area contributed by atoms with Crippen molar-refractivity contribution in [2.45, 2.75) is 6.61 Å². The van der Waals surface area contributed by atoms with E-state index in [-0.39, 0.29) is 0 Å². The van der Waals surface area contributed by atoms with Gasteiger partial charge in [0.05, 0.1) is 7.11 Å². The number of nitrogens with zero attached hydrogens (tertiary/aromatic N) is 1. The molecule has 0 N–H and O–H groups in total. The predicted molar refractivity (Wildman–Crippen MR) is 69.3 cm³/mol. The first kappa shape index (κ1) is 11.9. The topological polar surface area (TPSA) is 31.4 Å². The molecule has 3 nitrogen and oxygen atoms in total. The maximum atomic E-state index is 5.66. The van der Waals surface area contributed by atoms with E-state index in [0.717, 1.165) is 21.7 Å². The lowest BCUT2D eigenvalue weighted by Gasteiger charge is -2.07. The van der Waals surface area contributed by atoms with Crippen molar-refractivity contribution in [2.75, 3.05) is 7.11 Å². The number of hydrogen-bond acceptors (Lipinski definition) is 3. The molecular weight excluding hydrogens is 282 g/mol. The first-order chi connectivity index (χ1) is 8.28. The van der Waals surface area contributed by atoms with Crippen LogP contribution >= 0.6 is 15.9 Å². The third-order valence-electron chi connectivity index (χ3n) is 2.24. The van der Waals surface area contributed by atoms with Gasteiger partial charge in [0.2, 0.25) is 0 Å². The highest BCUT2D eigenvalue weighted by molar-refractivity contribution is 9.10. The van der Waals surface area contributed by atoms with E-state index in [0.29, 0.717) is 6.61 Å². The molecule has 0 bridgehead atoms. The number of halogens is 1.